The summed E-state index contributed by atoms with van der Waals surface area (Å²) in [6.45, 7) is 8.95. The van der Waals surface area contributed by atoms with Crippen LogP contribution in [0, 0.1) is 11.8 Å². The molecule has 20 heavy (non-hydrogen) atoms. The van der Waals surface area contributed by atoms with E-state index in [1.54, 1.807) is 12.3 Å². The van der Waals surface area contributed by atoms with Gasteiger partial charge in [0, 0.05) is 25.8 Å². The maximum Gasteiger partial charge on any atom is 0.252 e. The molecule has 0 aromatic carbocycles. The summed E-state index contributed by atoms with van der Waals surface area (Å²) in [5.74, 6) is 1.99. The van der Waals surface area contributed by atoms with Gasteiger partial charge in [0.1, 0.15) is 5.82 Å². The van der Waals surface area contributed by atoms with Crippen LogP contribution in [0.4, 0.5) is 5.82 Å². The summed E-state index contributed by atoms with van der Waals surface area (Å²) in [5.41, 5.74) is 0.504. The molecule has 2 unspecified atom stereocenters. The van der Waals surface area contributed by atoms with E-state index in [1.807, 2.05) is 6.92 Å². The number of pyridine rings is 1. The summed E-state index contributed by atoms with van der Waals surface area (Å²) >= 11 is 6.08. The highest BCUT2D eigenvalue weighted by atomic mass is 35.5. The predicted molar refractivity (Wildman–Crippen MR) is 82.4 cm³/mol. The molecule has 2 rings (SSSR count). The van der Waals surface area contributed by atoms with Crippen molar-refractivity contribution in [1.29, 1.82) is 0 Å². The van der Waals surface area contributed by atoms with Gasteiger partial charge in [0.15, 0.2) is 0 Å². The molecule has 0 saturated carbocycles. The Labute approximate surface area is 125 Å². The van der Waals surface area contributed by atoms with Crippen molar-refractivity contribution in [2.75, 3.05) is 24.5 Å². The van der Waals surface area contributed by atoms with Gasteiger partial charge < -0.3 is 10.2 Å². The number of anilines is 1. The number of rotatable bonds is 3. The van der Waals surface area contributed by atoms with Gasteiger partial charge in [-0.05, 0) is 31.2 Å². The molecule has 1 aromatic heterocycles. The van der Waals surface area contributed by atoms with Gasteiger partial charge in [-0.15, -0.1) is 0 Å². The van der Waals surface area contributed by atoms with Crippen molar-refractivity contribution in [3.63, 3.8) is 0 Å². The minimum atomic E-state index is -0.140. The van der Waals surface area contributed by atoms with E-state index in [1.165, 1.54) is 6.42 Å². The minimum Gasteiger partial charge on any atom is -0.356 e. The van der Waals surface area contributed by atoms with E-state index in [0.717, 1.165) is 18.9 Å². The summed E-state index contributed by atoms with van der Waals surface area (Å²) in [7, 11) is 0. The Balaban J connectivity index is 2.24. The topological polar surface area (TPSA) is 45.2 Å². The fraction of sp³-hybridized carbons (Fsp3) is 0.600. The van der Waals surface area contributed by atoms with Gasteiger partial charge in [-0.1, -0.05) is 25.4 Å². The molecule has 1 aliphatic rings. The second kappa shape index (κ2) is 6.44. The number of carbonyl (C=O) groups excluding carboxylic acids is 1. The van der Waals surface area contributed by atoms with Gasteiger partial charge in [-0.2, -0.15) is 0 Å². The lowest BCUT2D eigenvalue weighted by Crippen LogP contribution is -2.39. The molecule has 1 aliphatic heterocycles. The van der Waals surface area contributed by atoms with Crippen LogP contribution in [0.1, 0.15) is 37.6 Å². The van der Waals surface area contributed by atoms with Crippen LogP contribution in [0.2, 0.25) is 5.02 Å². The quantitative estimate of drug-likeness (QED) is 0.932. The number of hydrogen-bond donors (Lipinski definition) is 1. The molecule has 1 aromatic rings. The lowest BCUT2D eigenvalue weighted by molar-refractivity contribution is 0.0956. The molecule has 0 aliphatic carbocycles. The Morgan fingerprint density at radius 1 is 1.45 bits per heavy atom. The van der Waals surface area contributed by atoms with Crippen LogP contribution < -0.4 is 10.2 Å². The molecule has 0 bridgehead atoms. The molecule has 1 N–H and O–H groups in total. The summed E-state index contributed by atoms with van der Waals surface area (Å²) in [6.07, 6.45) is 2.82. The van der Waals surface area contributed by atoms with Crippen LogP contribution in [0.15, 0.2) is 12.3 Å². The highest BCUT2D eigenvalue weighted by Crippen LogP contribution is 2.27. The lowest BCUT2D eigenvalue weighted by Gasteiger charge is -2.36. The van der Waals surface area contributed by atoms with Gasteiger partial charge in [-0.3, -0.25) is 4.79 Å². The summed E-state index contributed by atoms with van der Waals surface area (Å²) in [5, 5.41) is 3.18. The predicted octanol–water partition coefficient (Wildman–Crippen LogP) is 2.97. The Morgan fingerprint density at radius 3 is 2.70 bits per heavy atom. The second-order valence-corrected chi connectivity index (χ2v) is 6.14. The van der Waals surface area contributed by atoms with Crippen molar-refractivity contribution in [3.8, 4) is 0 Å². The smallest absolute Gasteiger partial charge is 0.252 e. The highest BCUT2D eigenvalue weighted by Gasteiger charge is 2.23. The first kappa shape index (κ1) is 15.1. The van der Waals surface area contributed by atoms with E-state index in [2.05, 4.69) is 29.0 Å². The van der Waals surface area contributed by atoms with Crippen molar-refractivity contribution >= 4 is 23.3 Å². The zero-order valence-electron chi connectivity index (χ0n) is 12.3. The number of hydrogen-bond acceptors (Lipinski definition) is 3. The summed E-state index contributed by atoms with van der Waals surface area (Å²) < 4.78 is 0. The molecule has 5 heteroatoms. The zero-order chi connectivity index (χ0) is 14.7. The van der Waals surface area contributed by atoms with Gasteiger partial charge in [0.05, 0.1) is 10.6 Å². The minimum absolute atomic E-state index is 0.140. The number of amides is 1. The SMILES string of the molecule is CCNC(=O)c1cc(N2CC(C)CC(C)C2)ncc1Cl. The molecule has 0 radical (unpaired) electrons. The van der Waals surface area contributed by atoms with Crippen LogP contribution in [-0.2, 0) is 0 Å². The number of halogens is 1. The van der Waals surface area contributed by atoms with Crippen LogP contribution in [0.3, 0.4) is 0 Å². The van der Waals surface area contributed by atoms with E-state index >= 15 is 0 Å². The largest absolute Gasteiger partial charge is 0.356 e. The van der Waals surface area contributed by atoms with Gasteiger partial charge in [0.25, 0.3) is 5.91 Å². The number of nitrogens with one attached hydrogen (secondary N) is 1. The molecule has 1 fully saturated rings. The van der Waals surface area contributed by atoms with E-state index in [4.69, 9.17) is 11.6 Å². The third kappa shape index (κ3) is 3.42. The molecule has 2 atom stereocenters. The maximum atomic E-state index is 12.0. The maximum absolute atomic E-state index is 12.0. The van der Waals surface area contributed by atoms with E-state index < -0.39 is 0 Å². The van der Waals surface area contributed by atoms with Gasteiger partial charge in [0.2, 0.25) is 0 Å². The standard InChI is InChI=1S/C15H22ClN3O/c1-4-17-15(20)12-6-14(18-7-13(12)16)19-8-10(2)5-11(3)9-19/h6-7,10-11H,4-5,8-9H2,1-3H3,(H,17,20). The van der Waals surface area contributed by atoms with Crippen molar-refractivity contribution in [2.24, 2.45) is 11.8 Å². The lowest BCUT2D eigenvalue weighted by atomic mass is 9.92. The third-order valence-corrected chi connectivity index (χ3v) is 3.92. The first-order valence-electron chi connectivity index (χ1n) is 7.20. The van der Waals surface area contributed by atoms with E-state index in [9.17, 15) is 4.79 Å². The normalized spacial score (nSPS) is 22.7. The fourth-order valence-corrected chi connectivity index (χ4v) is 3.07. The molecular formula is C15H22ClN3O. The average molecular weight is 296 g/mol. The Hall–Kier alpha value is -1.29. The van der Waals surface area contributed by atoms with Gasteiger partial charge >= 0.3 is 0 Å². The molecule has 110 valence electrons. The first-order valence-corrected chi connectivity index (χ1v) is 7.57. The Bertz CT molecular complexity index is 482. The van der Waals surface area contributed by atoms with Crippen LogP contribution >= 0.6 is 11.6 Å². The molecular weight excluding hydrogens is 274 g/mol. The average Bonchev–Trinajstić information content (AvgIpc) is 2.38. The molecule has 1 amide bonds. The Morgan fingerprint density at radius 2 is 2.10 bits per heavy atom. The fourth-order valence-electron chi connectivity index (χ4n) is 2.88. The molecule has 1 saturated heterocycles. The van der Waals surface area contributed by atoms with E-state index in [-0.39, 0.29) is 5.91 Å². The van der Waals surface area contributed by atoms with Crippen molar-refractivity contribution in [1.82, 2.24) is 10.3 Å². The molecule has 4 nitrogen and oxygen atoms in total. The Kier molecular flexibility index (Phi) is 4.86. The van der Waals surface area contributed by atoms with Crippen molar-refractivity contribution in [3.05, 3.63) is 22.8 Å². The monoisotopic (exact) mass is 295 g/mol. The summed E-state index contributed by atoms with van der Waals surface area (Å²) in [4.78, 5) is 18.6. The van der Waals surface area contributed by atoms with Crippen molar-refractivity contribution in [2.45, 2.75) is 27.2 Å². The number of piperidine rings is 1. The van der Waals surface area contributed by atoms with Crippen LogP contribution in [0.5, 0.6) is 0 Å². The third-order valence-electron chi connectivity index (χ3n) is 3.62. The molecule has 0 spiro atoms. The number of aromatic nitrogens is 1. The van der Waals surface area contributed by atoms with Gasteiger partial charge in [-0.25, -0.2) is 4.98 Å². The van der Waals surface area contributed by atoms with Crippen LogP contribution in [-0.4, -0.2) is 30.5 Å². The second-order valence-electron chi connectivity index (χ2n) is 5.73. The van der Waals surface area contributed by atoms with Crippen LogP contribution in [0.25, 0.3) is 0 Å². The number of carbonyl (C=O) groups is 1. The first-order chi connectivity index (χ1) is 9.51. The molecule has 2 heterocycles. The number of nitrogens with zero attached hydrogens (tertiary/aromatic N) is 2. The zero-order valence-corrected chi connectivity index (χ0v) is 13.1. The summed E-state index contributed by atoms with van der Waals surface area (Å²) in [6, 6.07) is 1.80. The van der Waals surface area contributed by atoms with E-state index in [0.29, 0.717) is 29.0 Å². The van der Waals surface area contributed by atoms with Crippen molar-refractivity contribution < 1.29 is 4.79 Å². The highest BCUT2D eigenvalue weighted by molar-refractivity contribution is 6.33.